The van der Waals surface area contributed by atoms with Gasteiger partial charge in [-0.2, -0.15) is 5.26 Å². The fourth-order valence-electron chi connectivity index (χ4n) is 4.21. The second-order valence-electron chi connectivity index (χ2n) is 8.05. The molecule has 0 radical (unpaired) electrons. The zero-order valence-electron chi connectivity index (χ0n) is 18.6. The minimum atomic E-state index is -0.431. The highest BCUT2D eigenvalue weighted by Crippen LogP contribution is 2.24. The van der Waals surface area contributed by atoms with Crippen LogP contribution in [0.15, 0.2) is 11.6 Å². The molecule has 1 heterocycles. The Morgan fingerprint density at radius 3 is 2.57 bits per heavy atom. The molecule has 1 aliphatic rings. The van der Waals surface area contributed by atoms with E-state index in [1.165, 1.54) is 6.42 Å². The maximum Gasteiger partial charge on any atom is 0.262 e. The van der Waals surface area contributed by atoms with Gasteiger partial charge in [0.05, 0.1) is 12.6 Å². The Labute approximate surface area is 179 Å². The van der Waals surface area contributed by atoms with E-state index in [1.807, 2.05) is 26.0 Å². The van der Waals surface area contributed by atoms with Crippen molar-refractivity contribution in [1.29, 1.82) is 5.26 Å². The summed E-state index contributed by atoms with van der Waals surface area (Å²) >= 11 is 0. The van der Waals surface area contributed by atoms with Gasteiger partial charge in [0.15, 0.2) is 0 Å². The normalized spacial score (nSPS) is 16.0. The van der Waals surface area contributed by atoms with Gasteiger partial charge in [-0.25, -0.2) is 0 Å². The molecule has 2 N–H and O–H groups in total. The van der Waals surface area contributed by atoms with Crippen LogP contribution in [0.4, 0.5) is 0 Å². The molecule has 1 aromatic heterocycles. The van der Waals surface area contributed by atoms with Crippen LogP contribution in [0, 0.1) is 31.1 Å². The predicted octanol–water partition coefficient (Wildman–Crippen LogP) is 3.03. The Bertz CT molecular complexity index is 813. The number of carbonyl (C=O) groups is 2. The summed E-state index contributed by atoms with van der Waals surface area (Å²) in [6, 6.07) is 4.12. The molecule has 2 amide bonds. The predicted molar refractivity (Wildman–Crippen MR) is 117 cm³/mol. The number of rotatable bonds is 9. The highest BCUT2D eigenvalue weighted by atomic mass is 16.5. The molecule has 0 spiro atoms. The van der Waals surface area contributed by atoms with E-state index in [0.29, 0.717) is 19.7 Å². The number of hydrogen-bond donors (Lipinski definition) is 2. The second kappa shape index (κ2) is 11.6. The van der Waals surface area contributed by atoms with Gasteiger partial charge in [0.25, 0.3) is 5.91 Å². The van der Waals surface area contributed by atoms with Crippen molar-refractivity contribution in [2.75, 3.05) is 26.8 Å². The van der Waals surface area contributed by atoms with Crippen molar-refractivity contribution in [3.63, 3.8) is 0 Å². The van der Waals surface area contributed by atoms with Gasteiger partial charge in [-0.05, 0) is 51.3 Å². The summed E-state index contributed by atoms with van der Waals surface area (Å²) in [5.41, 5.74) is 2.92. The van der Waals surface area contributed by atoms with Crippen molar-refractivity contribution < 1.29 is 14.3 Å². The number of carbonyl (C=O) groups excluding carboxylic acids is 2. The van der Waals surface area contributed by atoms with Gasteiger partial charge in [0, 0.05) is 37.5 Å². The van der Waals surface area contributed by atoms with Crippen LogP contribution in [0.2, 0.25) is 0 Å². The number of amides is 2. The van der Waals surface area contributed by atoms with E-state index < -0.39 is 5.91 Å². The lowest BCUT2D eigenvalue weighted by atomic mass is 9.89. The van der Waals surface area contributed by atoms with E-state index in [2.05, 4.69) is 22.1 Å². The highest BCUT2D eigenvalue weighted by molar-refractivity contribution is 6.01. The molecular formula is C23H34N4O3. The number of hydrogen-bond acceptors (Lipinski definition) is 4. The molecule has 1 fully saturated rings. The van der Waals surface area contributed by atoms with Crippen molar-refractivity contribution in [3.8, 4) is 6.07 Å². The summed E-state index contributed by atoms with van der Waals surface area (Å²) < 4.78 is 7.39. The number of aromatic nitrogens is 1. The fourth-order valence-corrected chi connectivity index (χ4v) is 4.21. The molecule has 0 aliphatic heterocycles. The molecule has 1 saturated carbocycles. The summed E-state index contributed by atoms with van der Waals surface area (Å²) in [6.07, 6.45) is 6.93. The molecule has 30 heavy (non-hydrogen) atoms. The van der Waals surface area contributed by atoms with Crippen molar-refractivity contribution in [3.05, 3.63) is 28.6 Å². The quantitative estimate of drug-likeness (QED) is 0.369. The van der Waals surface area contributed by atoms with Crippen LogP contribution in [0.5, 0.6) is 0 Å². The number of aryl methyl sites for hydroxylation is 1. The molecule has 0 bridgehead atoms. The maximum atomic E-state index is 12.4. The first-order valence-corrected chi connectivity index (χ1v) is 10.7. The fraction of sp³-hybridized carbons (Fsp3) is 0.609. The van der Waals surface area contributed by atoms with Crippen LogP contribution in [0.3, 0.4) is 0 Å². The largest absolute Gasteiger partial charge is 0.383 e. The van der Waals surface area contributed by atoms with E-state index >= 15 is 0 Å². The lowest BCUT2D eigenvalue weighted by molar-refractivity contribution is -0.126. The Balaban J connectivity index is 1.93. The zero-order valence-corrected chi connectivity index (χ0v) is 18.6. The highest BCUT2D eigenvalue weighted by Gasteiger charge is 2.20. The van der Waals surface area contributed by atoms with Crippen LogP contribution in [-0.4, -0.2) is 43.2 Å². The summed E-state index contributed by atoms with van der Waals surface area (Å²) in [5, 5.41) is 15.1. The van der Waals surface area contributed by atoms with E-state index in [1.54, 1.807) is 13.2 Å². The Morgan fingerprint density at radius 2 is 1.93 bits per heavy atom. The Kier molecular flexibility index (Phi) is 9.13. The molecule has 1 aromatic rings. The molecule has 1 atom stereocenters. The van der Waals surface area contributed by atoms with Gasteiger partial charge in [-0.15, -0.1) is 0 Å². The average molecular weight is 415 g/mol. The molecule has 2 rings (SSSR count). The summed E-state index contributed by atoms with van der Waals surface area (Å²) in [7, 11) is 1.67. The average Bonchev–Trinajstić information content (AvgIpc) is 3.02. The number of nitriles is 1. The van der Waals surface area contributed by atoms with Gasteiger partial charge in [0.2, 0.25) is 5.91 Å². The van der Waals surface area contributed by atoms with Crippen molar-refractivity contribution >= 4 is 17.9 Å². The third kappa shape index (κ3) is 6.20. The van der Waals surface area contributed by atoms with Gasteiger partial charge >= 0.3 is 0 Å². The van der Waals surface area contributed by atoms with E-state index in [4.69, 9.17) is 4.74 Å². The van der Waals surface area contributed by atoms with Gasteiger partial charge in [0.1, 0.15) is 11.6 Å². The molecule has 164 valence electrons. The zero-order chi connectivity index (χ0) is 22.1. The van der Waals surface area contributed by atoms with E-state index in [-0.39, 0.29) is 23.4 Å². The van der Waals surface area contributed by atoms with Crippen molar-refractivity contribution in [2.45, 2.75) is 58.9 Å². The smallest absolute Gasteiger partial charge is 0.262 e. The molecule has 0 aromatic carbocycles. The molecule has 1 aliphatic carbocycles. The first kappa shape index (κ1) is 23.7. The first-order chi connectivity index (χ1) is 14.4. The SMILES string of the molecule is COCC(C)n1c(C)cc(/C=C(/C#N)C(=O)NCCNC(=O)C2CCCCC2)c1C. The van der Waals surface area contributed by atoms with Crippen LogP contribution in [0.25, 0.3) is 6.08 Å². The lowest BCUT2D eigenvalue weighted by Gasteiger charge is -2.20. The van der Waals surface area contributed by atoms with Crippen molar-refractivity contribution in [1.82, 2.24) is 15.2 Å². The number of ether oxygens (including phenoxy) is 1. The van der Waals surface area contributed by atoms with Crippen LogP contribution >= 0.6 is 0 Å². The molecule has 0 saturated heterocycles. The minimum Gasteiger partial charge on any atom is -0.383 e. The van der Waals surface area contributed by atoms with Crippen LogP contribution in [0.1, 0.15) is 62.0 Å². The topological polar surface area (TPSA) is 96.2 Å². The molecular weight excluding hydrogens is 380 g/mol. The third-order valence-electron chi connectivity index (χ3n) is 5.72. The minimum absolute atomic E-state index is 0.0493. The van der Waals surface area contributed by atoms with E-state index in [9.17, 15) is 14.9 Å². The lowest BCUT2D eigenvalue weighted by Crippen LogP contribution is -2.38. The van der Waals surface area contributed by atoms with Gasteiger partial charge < -0.3 is 19.9 Å². The maximum absolute atomic E-state index is 12.4. The van der Waals surface area contributed by atoms with Crippen LogP contribution in [-0.2, 0) is 14.3 Å². The second-order valence-corrected chi connectivity index (χ2v) is 8.05. The van der Waals surface area contributed by atoms with E-state index in [0.717, 1.165) is 42.6 Å². The van der Waals surface area contributed by atoms with Crippen molar-refractivity contribution in [2.24, 2.45) is 5.92 Å². The number of nitrogens with one attached hydrogen (secondary N) is 2. The third-order valence-corrected chi connectivity index (χ3v) is 5.72. The van der Waals surface area contributed by atoms with Gasteiger partial charge in [-0.1, -0.05) is 19.3 Å². The number of nitrogens with zero attached hydrogens (tertiary/aromatic N) is 2. The molecule has 7 nitrogen and oxygen atoms in total. The summed E-state index contributed by atoms with van der Waals surface area (Å²) in [4.78, 5) is 24.6. The molecule has 1 unspecified atom stereocenters. The monoisotopic (exact) mass is 414 g/mol. The first-order valence-electron chi connectivity index (χ1n) is 10.7. The summed E-state index contributed by atoms with van der Waals surface area (Å²) in [5.74, 6) is -0.267. The molecule has 7 heteroatoms. The Hall–Kier alpha value is -2.59. The van der Waals surface area contributed by atoms with Gasteiger partial charge in [-0.3, -0.25) is 9.59 Å². The number of methoxy groups -OCH3 is 1. The van der Waals surface area contributed by atoms with Crippen LogP contribution < -0.4 is 10.6 Å². The standard InChI is InChI=1S/C23H34N4O3/c1-16-12-20(18(3)27(16)17(2)15-30-4)13-21(14-24)23(29)26-11-10-25-22(28)19-8-6-5-7-9-19/h12-13,17,19H,5-11,15H2,1-4H3,(H,25,28)(H,26,29)/b21-13-. The Morgan fingerprint density at radius 1 is 1.27 bits per heavy atom. The summed E-state index contributed by atoms with van der Waals surface area (Å²) in [6.45, 7) is 7.27.